The van der Waals surface area contributed by atoms with E-state index in [0.29, 0.717) is 6.54 Å². The largest absolute Gasteiger partial charge is 0.507 e. The molecule has 0 aromatic heterocycles. The van der Waals surface area contributed by atoms with Gasteiger partial charge in [0.05, 0.1) is 0 Å². The van der Waals surface area contributed by atoms with Gasteiger partial charge in [0.2, 0.25) is 0 Å². The van der Waals surface area contributed by atoms with Crippen LogP contribution in [0.15, 0.2) is 72.8 Å². The third kappa shape index (κ3) is 4.40. The maximum atomic E-state index is 12.3. The number of amides is 1. The lowest BCUT2D eigenvalue weighted by Crippen LogP contribution is -2.26. The van der Waals surface area contributed by atoms with Crippen molar-refractivity contribution in [1.82, 2.24) is 5.32 Å². The van der Waals surface area contributed by atoms with Crippen molar-refractivity contribution in [3.8, 4) is 16.9 Å². The predicted molar refractivity (Wildman–Crippen MR) is 129 cm³/mol. The average Bonchev–Trinajstić information content (AvgIpc) is 3.09. The second kappa shape index (κ2) is 8.91. The fourth-order valence-corrected chi connectivity index (χ4v) is 4.28. The summed E-state index contributed by atoms with van der Waals surface area (Å²) >= 11 is 0. The number of benzene rings is 3. The molecular formula is C28H29NO3. The molecule has 2 N–H and O–H groups in total. The topological polar surface area (TPSA) is 58.6 Å². The third-order valence-corrected chi connectivity index (χ3v) is 5.88. The fraction of sp³-hybridized carbons (Fsp3) is 0.250. The first-order valence-corrected chi connectivity index (χ1v) is 10.9. The number of fused-ring (bicyclic) bond motifs is 3. The van der Waals surface area contributed by atoms with E-state index in [-0.39, 0.29) is 23.7 Å². The Morgan fingerprint density at radius 3 is 2.22 bits per heavy atom. The van der Waals surface area contributed by atoms with Crippen molar-refractivity contribution >= 4 is 12.2 Å². The molecule has 4 nitrogen and oxygen atoms in total. The van der Waals surface area contributed by atoms with Crippen LogP contribution in [0.3, 0.4) is 0 Å². The molecule has 4 rings (SSSR count). The summed E-state index contributed by atoms with van der Waals surface area (Å²) in [5.41, 5.74) is 6.27. The molecule has 0 spiro atoms. The van der Waals surface area contributed by atoms with Gasteiger partial charge < -0.3 is 15.2 Å². The van der Waals surface area contributed by atoms with Crippen molar-refractivity contribution < 1.29 is 14.6 Å². The van der Waals surface area contributed by atoms with Crippen LogP contribution in [0.4, 0.5) is 4.79 Å². The number of phenols is 1. The van der Waals surface area contributed by atoms with Crippen molar-refractivity contribution in [2.24, 2.45) is 0 Å². The van der Waals surface area contributed by atoms with Gasteiger partial charge in [-0.15, -0.1) is 0 Å². The molecule has 0 saturated heterocycles. The monoisotopic (exact) mass is 427 g/mol. The molecular weight excluding hydrogens is 398 g/mol. The number of carbonyl (C=O) groups is 1. The van der Waals surface area contributed by atoms with Crippen LogP contribution in [0.2, 0.25) is 0 Å². The molecule has 3 aromatic carbocycles. The van der Waals surface area contributed by atoms with Crippen LogP contribution in [0.1, 0.15) is 48.9 Å². The maximum Gasteiger partial charge on any atom is 0.407 e. The third-order valence-electron chi connectivity index (χ3n) is 5.88. The van der Waals surface area contributed by atoms with E-state index < -0.39 is 6.09 Å². The molecule has 0 saturated carbocycles. The normalized spacial score (nSPS) is 13.1. The highest BCUT2D eigenvalue weighted by Crippen LogP contribution is 2.44. The van der Waals surface area contributed by atoms with Crippen molar-refractivity contribution in [2.45, 2.75) is 32.1 Å². The van der Waals surface area contributed by atoms with Crippen LogP contribution in [-0.4, -0.2) is 24.4 Å². The van der Waals surface area contributed by atoms with Crippen molar-refractivity contribution in [2.75, 3.05) is 13.2 Å². The quantitative estimate of drug-likeness (QED) is 0.507. The van der Waals surface area contributed by atoms with Gasteiger partial charge in [0.1, 0.15) is 12.4 Å². The van der Waals surface area contributed by atoms with E-state index in [9.17, 15) is 9.90 Å². The average molecular weight is 428 g/mol. The number of alkyl carbamates (subject to hydrolysis) is 1. The number of para-hydroxylation sites is 1. The van der Waals surface area contributed by atoms with Gasteiger partial charge in [0, 0.05) is 18.0 Å². The molecule has 1 aliphatic carbocycles. The van der Waals surface area contributed by atoms with Gasteiger partial charge >= 0.3 is 6.09 Å². The van der Waals surface area contributed by atoms with E-state index in [1.807, 2.05) is 54.6 Å². The van der Waals surface area contributed by atoms with E-state index in [0.717, 1.165) is 11.1 Å². The Hall–Kier alpha value is -3.53. The van der Waals surface area contributed by atoms with Gasteiger partial charge in [-0.3, -0.25) is 0 Å². The van der Waals surface area contributed by atoms with E-state index in [1.54, 1.807) is 0 Å². The maximum absolute atomic E-state index is 12.3. The Morgan fingerprint density at radius 1 is 0.969 bits per heavy atom. The number of hydrogen-bond donors (Lipinski definition) is 2. The van der Waals surface area contributed by atoms with Crippen molar-refractivity contribution in [3.63, 3.8) is 0 Å². The lowest BCUT2D eigenvalue weighted by Gasteiger charge is -2.21. The summed E-state index contributed by atoms with van der Waals surface area (Å²) < 4.78 is 5.55. The fourth-order valence-electron chi connectivity index (χ4n) is 4.28. The number of carbonyl (C=O) groups excluding carboxylic acids is 1. The number of nitrogens with one attached hydrogen (secondary N) is 1. The summed E-state index contributed by atoms with van der Waals surface area (Å²) in [5, 5.41) is 13.3. The van der Waals surface area contributed by atoms with Gasteiger partial charge in [0.15, 0.2) is 0 Å². The van der Waals surface area contributed by atoms with Crippen molar-refractivity contribution in [1.29, 1.82) is 0 Å². The van der Waals surface area contributed by atoms with E-state index in [2.05, 4.69) is 50.4 Å². The van der Waals surface area contributed by atoms with E-state index in [1.165, 1.54) is 22.3 Å². The van der Waals surface area contributed by atoms with Gasteiger partial charge in [0.25, 0.3) is 0 Å². The van der Waals surface area contributed by atoms with Crippen LogP contribution in [-0.2, 0) is 10.2 Å². The number of rotatable bonds is 5. The molecule has 3 aromatic rings. The highest BCUT2D eigenvalue weighted by molar-refractivity contribution is 5.79. The van der Waals surface area contributed by atoms with Crippen LogP contribution in [0, 0.1) is 0 Å². The van der Waals surface area contributed by atoms with E-state index in [4.69, 9.17) is 4.74 Å². The summed E-state index contributed by atoms with van der Waals surface area (Å²) in [6.45, 7) is 6.80. The molecule has 0 bridgehead atoms. The number of hydrogen-bond acceptors (Lipinski definition) is 3. The Labute approximate surface area is 189 Å². The second-order valence-corrected chi connectivity index (χ2v) is 9.10. The number of ether oxygens (including phenoxy) is 1. The van der Waals surface area contributed by atoms with Crippen LogP contribution >= 0.6 is 0 Å². The molecule has 1 amide bonds. The standard InChI is InChI=1S/C28H29NO3/c1-28(2,3)25-16-8-10-19(26(25)30)11-9-17-29-27(31)32-18-24-22-14-6-4-12-20(22)21-13-5-7-15-23(21)24/h4-16,24,30H,17-18H2,1-3H3,(H,29,31). The summed E-state index contributed by atoms with van der Waals surface area (Å²) in [6, 6.07) is 22.3. The minimum Gasteiger partial charge on any atom is -0.507 e. The van der Waals surface area contributed by atoms with Crippen LogP contribution in [0.25, 0.3) is 17.2 Å². The zero-order valence-corrected chi connectivity index (χ0v) is 18.8. The first-order chi connectivity index (χ1) is 15.4. The molecule has 4 heteroatoms. The molecule has 0 fully saturated rings. The van der Waals surface area contributed by atoms with Gasteiger partial charge in [-0.25, -0.2) is 4.79 Å². The second-order valence-electron chi connectivity index (χ2n) is 9.10. The molecule has 0 radical (unpaired) electrons. The Kier molecular flexibility index (Phi) is 6.04. The lowest BCUT2D eigenvalue weighted by atomic mass is 9.85. The summed E-state index contributed by atoms with van der Waals surface area (Å²) in [5.74, 6) is 0.318. The molecule has 0 unspecified atom stereocenters. The predicted octanol–water partition coefficient (Wildman–Crippen LogP) is 6.24. The Bertz CT molecular complexity index is 1110. The van der Waals surface area contributed by atoms with Crippen LogP contribution < -0.4 is 5.32 Å². The SMILES string of the molecule is CC(C)(C)c1cccc(C=CCNC(=O)OCC2c3ccccc3-c3ccccc32)c1O. The molecule has 0 aliphatic heterocycles. The lowest BCUT2D eigenvalue weighted by molar-refractivity contribution is 0.144. The first-order valence-electron chi connectivity index (χ1n) is 10.9. The van der Waals surface area contributed by atoms with Crippen molar-refractivity contribution in [3.05, 3.63) is 95.1 Å². The smallest absolute Gasteiger partial charge is 0.407 e. The highest BCUT2D eigenvalue weighted by atomic mass is 16.5. The van der Waals surface area contributed by atoms with Gasteiger partial charge in [-0.1, -0.05) is 99.7 Å². The molecule has 32 heavy (non-hydrogen) atoms. The summed E-state index contributed by atoms with van der Waals surface area (Å²) in [6.07, 6.45) is 3.17. The summed E-state index contributed by atoms with van der Waals surface area (Å²) in [7, 11) is 0. The minimum absolute atomic E-state index is 0.0424. The number of phenolic OH excluding ortho intramolecular Hbond substituents is 1. The van der Waals surface area contributed by atoms with E-state index >= 15 is 0 Å². The van der Waals surface area contributed by atoms with Gasteiger partial charge in [-0.2, -0.15) is 0 Å². The summed E-state index contributed by atoms with van der Waals surface area (Å²) in [4.78, 5) is 12.3. The molecule has 164 valence electrons. The van der Waals surface area contributed by atoms with Crippen LogP contribution in [0.5, 0.6) is 5.75 Å². The first kappa shape index (κ1) is 21.7. The Morgan fingerprint density at radius 2 is 1.59 bits per heavy atom. The Balaban J connectivity index is 1.34. The minimum atomic E-state index is -0.454. The zero-order chi connectivity index (χ0) is 22.7. The number of aromatic hydroxyl groups is 1. The molecule has 1 aliphatic rings. The van der Waals surface area contributed by atoms with Gasteiger partial charge in [-0.05, 0) is 33.2 Å². The molecule has 0 heterocycles. The zero-order valence-electron chi connectivity index (χ0n) is 18.8. The highest BCUT2D eigenvalue weighted by Gasteiger charge is 2.28. The molecule has 0 atom stereocenters.